The zero-order valence-electron chi connectivity index (χ0n) is 22.5. The molecule has 1 saturated carbocycles. The summed E-state index contributed by atoms with van der Waals surface area (Å²) >= 11 is 0. The van der Waals surface area contributed by atoms with Crippen molar-refractivity contribution in [2.24, 2.45) is 16.9 Å². The van der Waals surface area contributed by atoms with Gasteiger partial charge in [-0.05, 0) is 61.4 Å². The molecule has 42 heavy (non-hydrogen) atoms. The molecule has 0 bridgehead atoms. The lowest BCUT2D eigenvalue weighted by molar-refractivity contribution is -0.133. The van der Waals surface area contributed by atoms with Gasteiger partial charge in [0.2, 0.25) is 11.8 Å². The van der Waals surface area contributed by atoms with Crippen molar-refractivity contribution in [1.29, 1.82) is 0 Å². The van der Waals surface area contributed by atoms with Crippen LogP contribution in [-0.4, -0.2) is 29.8 Å². The molecule has 1 heterocycles. The molecule has 10 heteroatoms. The number of halogens is 1. The number of carbonyl (C=O) groups is 3. The molecule has 0 radical (unpaired) electrons. The molecule has 9 nitrogen and oxygen atoms in total. The monoisotopic (exact) mass is 564 g/mol. The van der Waals surface area contributed by atoms with Crippen LogP contribution >= 0.6 is 0 Å². The van der Waals surface area contributed by atoms with E-state index in [-0.39, 0.29) is 5.56 Å². The normalized spacial score (nSPS) is 13.5. The standard InChI is InChI=1S/C32H25FN4O5/c1-41-28-17-24-22(16-23(28)29(34)38)27(12-15-36-24)42-26-11-10-25(20-4-2-3-5-21(20)26)37(19-8-6-18(33)7-9-19)31(40)32(13-14-32)30(35)39/h2-12,15-17H,13-14H2,1H3,(H2,34,38)(H2,35,39). The van der Waals surface area contributed by atoms with E-state index in [0.29, 0.717) is 63.1 Å². The number of primary amides is 2. The first-order valence-electron chi connectivity index (χ1n) is 13.1. The van der Waals surface area contributed by atoms with E-state index in [4.69, 9.17) is 20.9 Å². The lowest BCUT2D eigenvalue weighted by Gasteiger charge is -2.28. The van der Waals surface area contributed by atoms with E-state index in [1.54, 1.807) is 36.5 Å². The number of hydrogen-bond acceptors (Lipinski definition) is 6. The van der Waals surface area contributed by atoms with Gasteiger partial charge in [-0.25, -0.2) is 4.39 Å². The number of nitrogens with two attached hydrogens (primary N) is 2. The highest BCUT2D eigenvalue weighted by atomic mass is 19.1. The van der Waals surface area contributed by atoms with Crippen LogP contribution < -0.4 is 25.8 Å². The molecule has 1 aliphatic rings. The average molecular weight is 565 g/mol. The van der Waals surface area contributed by atoms with Crippen LogP contribution in [0.25, 0.3) is 21.7 Å². The van der Waals surface area contributed by atoms with Crippen molar-refractivity contribution < 1.29 is 28.2 Å². The second-order valence-electron chi connectivity index (χ2n) is 10.0. The lowest BCUT2D eigenvalue weighted by Crippen LogP contribution is -2.41. The van der Waals surface area contributed by atoms with Gasteiger partial charge in [0, 0.05) is 34.1 Å². The van der Waals surface area contributed by atoms with Gasteiger partial charge in [-0.2, -0.15) is 0 Å². The molecule has 5 aromatic rings. The average Bonchev–Trinajstić information content (AvgIpc) is 3.81. The second kappa shape index (κ2) is 10.2. The summed E-state index contributed by atoms with van der Waals surface area (Å²) in [4.78, 5) is 44.1. The van der Waals surface area contributed by atoms with Crippen LogP contribution in [0.4, 0.5) is 15.8 Å². The number of ether oxygens (including phenoxy) is 2. The van der Waals surface area contributed by atoms with Gasteiger partial charge in [-0.1, -0.05) is 24.3 Å². The highest BCUT2D eigenvalue weighted by Gasteiger charge is 2.57. The largest absolute Gasteiger partial charge is 0.496 e. The molecular weight excluding hydrogens is 539 g/mol. The van der Waals surface area contributed by atoms with Crippen LogP contribution in [0.1, 0.15) is 23.2 Å². The summed E-state index contributed by atoms with van der Waals surface area (Å²) in [5.74, 6) is -1.12. The van der Waals surface area contributed by atoms with Crippen LogP contribution in [0.15, 0.2) is 85.1 Å². The molecule has 1 aliphatic carbocycles. The van der Waals surface area contributed by atoms with Crippen molar-refractivity contribution in [3.8, 4) is 17.2 Å². The minimum atomic E-state index is -1.32. The Kier molecular flexibility index (Phi) is 6.45. The summed E-state index contributed by atoms with van der Waals surface area (Å²) < 4.78 is 25.5. The molecule has 0 atom stereocenters. The van der Waals surface area contributed by atoms with Crippen LogP contribution in [0.3, 0.4) is 0 Å². The van der Waals surface area contributed by atoms with E-state index in [9.17, 15) is 18.8 Å². The Morgan fingerprint density at radius 3 is 2.19 bits per heavy atom. The van der Waals surface area contributed by atoms with Gasteiger partial charge in [0.25, 0.3) is 5.91 Å². The van der Waals surface area contributed by atoms with Crippen LogP contribution in [-0.2, 0) is 9.59 Å². The third-order valence-corrected chi connectivity index (χ3v) is 7.53. The lowest BCUT2D eigenvalue weighted by atomic mass is 10.0. The summed E-state index contributed by atoms with van der Waals surface area (Å²) in [6, 6.07) is 21.0. The minimum absolute atomic E-state index is 0.181. The number of carbonyl (C=O) groups excluding carboxylic acids is 3. The number of nitrogens with zero attached hydrogens (tertiary/aromatic N) is 2. The summed E-state index contributed by atoms with van der Waals surface area (Å²) in [5.41, 5.74) is 11.5. The van der Waals surface area contributed by atoms with Gasteiger partial charge < -0.3 is 20.9 Å². The molecule has 6 rings (SSSR count). The van der Waals surface area contributed by atoms with E-state index in [1.165, 1.54) is 36.3 Å². The van der Waals surface area contributed by atoms with Crippen molar-refractivity contribution in [3.05, 3.63) is 96.4 Å². The highest BCUT2D eigenvalue weighted by Crippen LogP contribution is 2.50. The highest BCUT2D eigenvalue weighted by molar-refractivity contribution is 6.19. The van der Waals surface area contributed by atoms with Gasteiger partial charge in [0.1, 0.15) is 28.5 Å². The molecule has 1 fully saturated rings. The number of amides is 3. The van der Waals surface area contributed by atoms with E-state index < -0.39 is 29.0 Å². The van der Waals surface area contributed by atoms with Crippen molar-refractivity contribution in [2.45, 2.75) is 12.8 Å². The van der Waals surface area contributed by atoms with E-state index in [1.807, 2.05) is 24.3 Å². The number of fused-ring (bicyclic) bond motifs is 2. The number of rotatable bonds is 8. The number of aromatic nitrogens is 1. The molecular formula is C32H25FN4O5. The van der Waals surface area contributed by atoms with E-state index in [0.717, 1.165) is 0 Å². The van der Waals surface area contributed by atoms with E-state index >= 15 is 0 Å². The molecule has 0 aliphatic heterocycles. The zero-order valence-corrected chi connectivity index (χ0v) is 22.5. The number of methoxy groups -OCH3 is 1. The maximum atomic E-state index is 13.9. The molecule has 1 aromatic heterocycles. The Balaban J connectivity index is 1.49. The van der Waals surface area contributed by atoms with Crippen molar-refractivity contribution in [3.63, 3.8) is 0 Å². The Hall–Kier alpha value is -5.51. The topological polar surface area (TPSA) is 138 Å². The van der Waals surface area contributed by atoms with Crippen LogP contribution in [0.2, 0.25) is 0 Å². The van der Waals surface area contributed by atoms with Gasteiger partial charge >= 0.3 is 0 Å². The van der Waals surface area contributed by atoms with E-state index in [2.05, 4.69) is 4.98 Å². The minimum Gasteiger partial charge on any atom is -0.496 e. The molecule has 4 N–H and O–H groups in total. The van der Waals surface area contributed by atoms with Crippen LogP contribution in [0.5, 0.6) is 17.2 Å². The first kappa shape index (κ1) is 26.7. The maximum Gasteiger partial charge on any atom is 0.252 e. The molecule has 0 spiro atoms. The number of pyridine rings is 1. The number of benzene rings is 4. The fraction of sp³-hybridized carbons (Fsp3) is 0.125. The van der Waals surface area contributed by atoms with Gasteiger partial charge in [-0.3, -0.25) is 24.3 Å². The first-order valence-corrected chi connectivity index (χ1v) is 13.1. The summed E-state index contributed by atoms with van der Waals surface area (Å²) in [6.45, 7) is 0. The summed E-state index contributed by atoms with van der Waals surface area (Å²) in [5, 5.41) is 1.85. The third kappa shape index (κ3) is 4.43. The summed E-state index contributed by atoms with van der Waals surface area (Å²) in [6.07, 6.45) is 2.25. The van der Waals surface area contributed by atoms with Gasteiger partial charge in [0.15, 0.2) is 0 Å². The Bertz CT molecular complexity index is 1900. The quantitative estimate of drug-likeness (QED) is 0.244. The van der Waals surface area contributed by atoms with Crippen molar-refractivity contribution in [2.75, 3.05) is 12.0 Å². The second-order valence-corrected chi connectivity index (χ2v) is 10.0. The molecule has 4 aromatic carbocycles. The Labute approximate surface area is 239 Å². The van der Waals surface area contributed by atoms with Gasteiger partial charge in [-0.15, -0.1) is 0 Å². The smallest absolute Gasteiger partial charge is 0.252 e. The van der Waals surface area contributed by atoms with Gasteiger partial charge in [0.05, 0.1) is 23.9 Å². The molecule has 0 unspecified atom stereocenters. The Morgan fingerprint density at radius 1 is 0.857 bits per heavy atom. The number of anilines is 2. The predicted molar refractivity (Wildman–Crippen MR) is 155 cm³/mol. The van der Waals surface area contributed by atoms with Crippen LogP contribution in [0, 0.1) is 11.2 Å². The SMILES string of the molecule is COc1cc2nccc(Oc3ccc(N(C(=O)C4(C(N)=O)CC4)c4ccc(F)cc4)c4ccccc34)c2cc1C(N)=O. The molecule has 210 valence electrons. The number of hydrogen-bond donors (Lipinski definition) is 2. The fourth-order valence-electron chi connectivity index (χ4n) is 5.12. The Morgan fingerprint density at radius 2 is 1.55 bits per heavy atom. The van der Waals surface area contributed by atoms with Crippen molar-refractivity contribution in [1.82, 2.24) is 4.98 Å². The maximum absolute atomic E-state index is 13.9. The third-order valence-electron chi connectivity index (χ3n) is 7.53. The fourth-order valence-corrected chi connectivity index (χ4v) is 5.12. The first-order chi connectivity index (χ1) is 20.2. The molecule has 3 amide bonds. The zero-order chi connectivity index (χ0) is 29.6. The summed E-state index contributed by atoms with van der Waals surface area (Å²) in [7, 11) is 1.44. The predicted octanol–water partition coefficient (Wildman–Crippen LogP) is 5.36. The van der Waals surface area contributed by atoms with Crippen molar-refractivity contribution >= 4 is 50.8 Å². The molecule has 0 saturated heterocycles.